The lowest BCUT2D eigenvalue weighted by atomic mass is 10.3. The summed E-state index contributed by atoms with van der Waals surface area (Å²) in [4.78, 5) is 4.79. The van der Waals surface area contributed by atoms with Crippen LogP contribution in [0.25, 0.3) is 0 Å². The molecule has 2 rings (SSSR count). The lowest BCUT2D eigenvalue weighted by Gasteiger charge is -2.05. The molecule has 0 radical (unpaired) electrons. The zero-order valence-electron chi connectivity index (χ0n) is 12.1. The van der Waals surface area contributed by atoms with Crippen molar-refractivity contribution in [1.29, 1.82) is 0 Å². The van der Waals surface area contributed by atoms with Gasteiger partial charge in [0.05, 0.1) is 6.34 Å². The molecule has 0 bridgehead atoms. The van der Waals surface area contributed by atoms with E-state index in [1.54, 1.807) is 18.5 Å². The zero-order valence-corrected chi connectivity index (χ0v) is 12.9. The molecule has 0 aliphatic heterocycles. The summed E-state index contributed by atoms with van der Waals surface area (Å²) in [6.07, 6.45) is 3.31. The molecule has 5 heteroatoms. The fraction of sp³-hybridized carbons (Fsp3) is 0.118. The van der Waals surface area contributed by atoms with Gasteiger partial charge in [0.1, 0.15) is 12.5 Å². The average molecular weight is 315 g/mol. The summed E-state index contributed by atoms with van der Waals surface area (Å²) >= 11 is 1.42. The number of nitrogens with zero attached hydrogens (tertiary/aromatic N) is 1. The molecule has 0 unspecified atom stereocenters. The Bertz CT molecular complexity index is 629. The highest BCUT2D eigenvalue weighted by atomic mass is 32.2. The van der Waals surface area contributed by atoms with Gasteiger partial charge in [0.15, 0.2) is 0 Å². The third-order valence-electron chi connectivity index (χ3n) is 2.76. The van der Waals surface area contributed by atoms with E-state index in [-0.39, 0.29) is 5.82 Å². The second-order valence-electron chi connectivity index (χ2n) is 4.40. The number of thioether (sulfide) groups is 1. The smallest absolute Gasteiger partial charge is 0.138 e. The van der Waals surface area contributed by atoms with Gasteiger partial charge in [0.25, 0.3) is 0 Å². The Labute approximate surface area is 134 Å². The largest absolute Gasteiger partial charge is 0.366 e. The number of halogens is 1. The van der Waals surface area contributed by atoms with E-state index in [4.69, 9.17) is 0 Å². The molecule has 22 heavy (non-hydrogen) atoms. The quantitative estimate of drug-likeness (QED) is 0.323. The van der Waals surface area contributed by atoms with Crippen molar-refractivity contribution in [3.8, 4) is 0 Å². The van der Waals surface area contributed by atoms with Gasteiger partial charge in [-0.05, 0) is 30.3 Å². The Hall–Kier alpha value is -2.27. The second-order valence-corrected chi connectivity index (χ2v) is 5.46. The summed E-state index contributed by atoms with van der Waals surface area (Å²) in [5, 5.41) is 6.10. The highest BCUT2D eigenvalue weighted by Gasteiger charge is 2.02. The van der Waals surface area contributed by atoms with Crippen LogP contribution in [0.3, 0.4) is 0 Å². The van der Waals surface area contributed by atoms with E-state index in [9.17, 15) is 4.39 Å². The third kappa shape index (κ3) is 5.26. The van der Waals surface area contributed by atoms with Crippen molar-refractivity contribution in [2.24, 2.45) is 4.99 Å². The molecule has 2 aromatic rings. The van der Waals surface area contributed by atoms with E-state index in [1.807, 2.05) is 36.4 Å². The number of para-hydroxylation sites is 1. The molecule has 0 saturated heterocycles. The highest BCUT2D eigenvalue weighted by molar-refractivity contribution is 7.99. The van der Waals surface area contributed by atoms with E-state index in [0.717, 1.165) is 5.69 Å². The first-order valence-electron chi connectivity index (χ1n) is 6.86. The lowest BCUT2D eigenvalue weighted by Crippen LogP contribution is -2.02. The summed E-state index contributed by atoms with van der Waals surface area (Å²) in [5.41, 5.74) is 1.68. The van der Waals surface area contributed by atoms with Crippen molar-refractivity contribution in [3.05, 3.63) is 67.0 Å². The number of hydrogen-bond acceptors (Lipinski definition) is 3. The summed E-state index contributed by atoms with van der Waals surface area (Å²) in [6.45, 7) is 4.08. The molecule has 2 aromatic carbocycles. The molecule has 0 spiro atoms. The van der Waals surface area contributed by atoms with Crippen LogP contribution in [0.15, 0.2) is 71.1 Å². The van der Waals surface area contributed by atoms with Gasteiger partial charge in [-0.1, -0.05) is 24.3 Å². The van der Waals surface area contributed by atoms with E-state index in [2.05, 4.69) is 22.2 Å². The van der Waals surface area contributed by atoms with Gasteiger partial charge < -0.3 is 10.6 Å². The Kier molecular flexibility index (Phi) is 6.51. The molecule has 0 amide bonds. The fourth-order valence-corrected chi connectivity index (χ4v) is 2.37. The fourth-order valence-electron chi connectivity index (χ4n) is 1.72. The number of rotatable bonds is 8. The average Bonchev–Trinajstić information content (AvgIpc) is 2.55. The van der Waals surface area contributed by atoms with Crippen molar-refractivity contribution < 1.29 is 4.39 Å². The van der Waals surface area contributed by atoms with Gasteiger partial charge in [-0.15, -0.1) is 18.3 Å². The standard InChI is InChI=1S/C17H18FN3S/c1-2-10-22-17-9-8-15(11-16(17)18)21-13-19-12-20-14-6-4-3-5-7-14/h2-9,11,13,20H,1,10,12H2,(H,19,21). The Morgan fingerprint density at radius 1 is 1.14 bits per heavy atom. The maximum Gasteiger partial charge on any atom is 0.138 e. The monoisotopic (exact) mass is 315 g/mol. The van der Waals surface area contributed by atoms with Gasteiger partial charge in [0.2, 0.25) is 0 Å². The van der Waals surface area contributed by atoms with Crippen LogP contribution >= 0.6 is 11.8 Å². The van der Waals surface area contributed by atoms with Crippen molar-refractivity contribution in [2.45, 2.75) is 4.90 Å². The molecule has 0 fully saturated rings. The first-order valence-corrected chi connectivity index (χ1v) is 7.85. The molecule has 0 saturated carbocycles. The predicted octanol–water partition coefficient (Wildman–Crippen LogP) is 4.61. The minimum atomic E-state index is -0.243. The van der Waals surface area contributed by atoms with Gasteiger partial charge in [-0.3, -0.25) is 4.99 Å². The van der Waals surface area contributed by atoms with Crippen LogP contribution in [-0.2, 0) is 0 Å². The van der Waals surface area contributed by atoms with Gasteiger partial charge >= 0.3 is 0 Å². The first-order chi connectivity index (χ1) is 10.8. The number of nitrogens with one attached hydrogen (secondary N) is 2. The summed E-state index contributed by atoms with van der Waals surface area (Å²) in [5.74, 6) is 0.448. The van der Waals surface area contributed by atoms with Crippen LogP contribution < -0.4 is 10.6 Å². The molecule has 114 valence electrons. The van der Waals surface area contributed by atoms with Crippen molar-refractivity contribution in [2.75, 3.05) is 23.1 Å². The summed E-state index contributed by atoms with van der Waals surface area (Å²) < 4.78 is 13.8. The SMILES string of the molecule is C=CCSc1ccc(N/C=N/CNc2ccccc2)cc1F. The third-order valence-corrected chi connectivity index (χ3v) is 3.80. The maximum atomic E-state index is 13.8. The van der Waals surface area contributed by atoms with Crippen molar-refractivity contribution in [1.82, 2.24) is 0 Å². The van der Waals surface area contributed by atoms with E-state index in [1.165, 1.54) is 17.8 Å². The van der Waals surface area contributed by atoms with E-state index in [0.29, 0.717) is 23.0 Å². The minimum absolute atomic E-state index is 0.243. The number of aliphatic imine (C=N–C) groups is 1. The van der Waals surface area contributed by atoms with Crippen LogP contribution in [0, 0.1) is 5.82 Å². The minimum Gasteiger partial charge on any atom is -0.366 e. The summed E-state index contributed by atoms with van der Waals surface area (Å²) in [6, 6.07) is 14.9. The molecule has 0 atom stereocenters. The molecular weight excluding hydrogens is 297 g/mol. The number of benzene rings is 2. The lowest BCUT2D eigenvalue weighted by molar-refractivity contribution is 0.603. The Balaban J connectivity index is 1.80. The van der Waals surface area contributed by atoms with Crippen LogP contribution in [0.2, 0.25) is 0 Å². The molecule has 0 heterocycles. The van der Waals surface area contributed by atoms with Gasteiger partial charge in [-0.2, -0.15) is 0 Å². The first kappa shape index (κ1) is 16.1. The van der Waals surface area contributed by atoms with Crippen LogP contribution in [0.1, 0.15) is 0 Å². The molecule has 3 nitrogen and oxygen atoms in total. The maximum absolute atomic E-state index is 13.8. The number of anilines is 2. The van der Waals surface area contributed by atoms with Crippen LogP contribution in [-0.4, -0.2) is 18.8 Å². The molecule has 2 N–H and O–H groups in total. The molecule has 0 aliphatic carbocycles. The Morgan fingerprint density at radius 2 is 1.95 bits per heavy atom. The topological polar surface area (TPSA) is 36.4 Å². The van der Waals surface area contributed by atoms with Crippen LogP contribution in [0.4, 0.5) is 15.8 Å². The number of hydrogen-bond donors (Lipinski definition) is 2. The van der Waals surface area contributed by atoms with E-state index >= 15 is 0 Å². The van der Waals surface area contributed by atoms with E-state index < -0.39 is 0 Å². The van der Waals surface area contributed by atoms with Gasteiger partial charge in [0, 0.05) is 22.0 Å². The summed E-state index contributed by atoms with van der Waals surface area (Å²) in [7, 11) is 0. The van der Waals surface area contributed by atoms with Crippen LogP contribution in [0.5, 0.6) is 0 Å². The highest BCUT2D eigenvalue weighted by Crippen LogP contribution is 2.24. The molecule has 0 aliphatic rings. The molecule has 0 aromatic heterocycles. The normalized spacial score (nSPS) is 10.6. The molecular formula is C17H18FN3S. The van der Waals surface area contributed by atoms with Gasteiger partial charge in [-0.25, -0.2) is 4.39 Å². The van der Waals surface area contributed by atoms with Crippen molar-refractivity contribution >= 4 is 29.5 Å². The predicted molar refractivity (Wildman–Crippen MR) is 94.4 cm³/mol. The Morgan fingerprint density at radius 3 is 2.68 bits per heavy atom. The second kappa shape index (κ2) is 8.89. The zero-order chi connectivity index (χ0) is 15.6. The van der Waals surface area contributed by atoms with Crippen molar-refractivity contribution in [3.63, 3.8) is 0 Å².